The second-order valence-corrected chi connectivity index (χ2v) is 11.5. The summed E-state index contributed by atoms with van der Waals surface area (Å²) in [6.07, 6.45) is 4.52. The van der Waals surface area contributed by atoms with E-state index in [0.29, 0.717) is 38.1 Å². The molecule has 11 heteroatoms. The van der Waals surface area contributed by atoms with E-state index in [1.54, 1.807) is 25.7 Å². The molecule has 10 nitrogen and oxygen atoms in total. The molecule has 38 heavy (non-hydrogen) atoms. The molecule has 1 aliphatic heterocycles. The van der Waals surface area contributed by atoms with Crippen molar-refractivity contribution < 1.29 is 29.0 Å². The number of piperidine rings is 1. The Hall–Kier alpha value is -3.21. The molecule has 3 rings (SSSR count). The molecule has 1 aromatic heterocycles. The first-order valence-corrected chi connectivity index (χ1v) is 14.2. The standard InChI is InChI=1S/C27H38N4O6S/c1-27(2,3)37-26(36)30-22(15-18-16-28-20-8-6-5-7-19(18)20)24(33)31-12-9-17(10-13-31)23(32)29-21(25(34)35)11-14-38-4/h5-8,16-17,21-22,28H,9-15H2,1-4H3,(H,29,32)(H,30,36)(H,34,35)/t21-,22-/m0/s1. The number of fused-ring (bicyclic) bond motifs is 1. The Bertz CT molecular complexity index is 1140. The summed E-state index contributed by atoms with van der Waals surface area (Å²) >= 11 is 1.53. The lowest BCUT2D eigenvalue weighted by Crippen LogP contribution is -2.53. The number of amides is 3. The largest absolute Gasteiger partial charge is 0.480 e. The third kappa shape index (κ3) is 8.14. The normalized spacial score (nSPS) is 16.1. The molecule has 2 atom stereocenters. The van der Waals surface area contributed by atoms with E-state index in [-0.39, 0.29) is 24.2 Å². The van der Waals surface area contributed by atoms with Crippen molar-refractivity contribution in [1.29, 1.82) is 0 Å². The van der Waals surface area contributed by atoms with E-state index in [2.05, 4.69) is 15.6 Å². The van der Waals surface area contributed by atoms with Gasteiger partial charge in [0.25, 0.3) is 0 Å². The van der Waals surface area contributed by atoms with E-state index in [1.165, 1.54) is 11.8 Å². The van der Waals surface area contributed by atoms with Crippen molar-refractivity contribution in [2.45, 2.75) is 64.1 Å². The number of nitrogens with one attached hydrogen (secondary N) is 3. The Morgan fingerprint density at radius 1 is 1.13 bits per heavy atom. The van der Waals surface area contributed by atoms with Gasteiger partial charge < -0.3 is 30.4 Å². The summed E-state index contributed by atoms with van der Waals surface area (Å²) in [6.45, 7) is 5.94. The summed E-state index contributed by atoms with van der Waals surface area (Å²) in [5.41, 5.74) is 1.12. The molecule has 1 fully saturated rings. The smallest absolute Gasteiger partial charge is 0.408 e. The molecule has 4 N–H and O–H groups in total. The molecule has 0 unspecified atom stereocenters. The Morgan fingerprint density at radius 3 is 2.45 bits per heavy atom. The van der Waals surface area contributed by atoms with Crippen LogP contribution in [0.15, 0.2) is 30.5 Å². The number of alkyl carbamates (subject to hydrolysis) is 1. The van der Waals surface area contributed by atoms with E-state index in [4.69, 9.17) is 4.74 Å². The van der Waals surface area contributed by atoms with E-state index in [0.717, 1.165) is 16.5 Å². The van der Waals surface area contributed by atoms with Crippen LogP contribution in [0.4, 0.5) is 4.79 Å². The maximum absolute atomic E-state index is 13.6. The van der Waals surface area contributed by atoms with E-state index < -0.39 is 29.7 Å². The first-order valence-electron chi connectivity index (χ1n) is 12.8. The number of carbonyl (C=O) groups excluding carboxylic acids is 3. The van der Waals surface area contributed by atoms with Gasteiger partial charge in [-0.25, -0.2) is 9.59 Å². The van der Waals surface area contributed by atoms with Crippen molar-refractivity contribution in [2.75, 3.05) is 25.1 Å². The van der Waals surface area contributed by atoms with Crippen molar-refractivity contribution in [2.24, 2.45) is 5.92 Å². The fourth-order valence-electron chi connectivity index (χ4n) is 4.54. The zero-order valence-electron chi connectivity index (χ0n) is 22.4. The Kier molecular flexibility index (Phi) is 10.1. The zero-order chi connectivity index (χ0) is 27.9. The van der Waals surface area contributed by atoms with Crippen LogP contribution in [0.1, 0.15) is 45.6 Å². The highest BCUT2D eigenvalue weighted by atomic mass is 32.2. The number of benzene rings is 1. The highest BCUT2D eigenvalue weighted by Crippen LogP contribution is 2.22. The molecule has 2 heterocycles. The van der Waals surface area contributed by atoms with Gasteiger partial charge in [0.1, 0.15) is 17.7 Å². The summed E-state index contributed by atoms with van der Waals surface area (Å²) in [5, 5.41) is 15.8. The fraction of sp³-hybridized carbons (Fsp3) is 0.556. The number of nitrogens with zero attached hydrogens (tertiary/aromatic N) is 1. The number of likely N-dealkylation sites (tertiary alicyclic amines) is 1. The number of para-hydroxylation sites is 1. The van der Waals surface area contributed by atoms with Crippen LogP contribution < -0.4 is 10.6 Å². The van der Waals surface area contributed by atoms with E-state index in [9.17, 15) is 24.3 Å². The molecular formula is C27H38N4O6S. The van der Waals surface area contributed by atoms with E-state index in [1.807, 2.05) is 36.7 Å². The lowest BCUT2D eigenvalue weighted by atomic mass is 9.94. The number of carboxylic acid groups (broad SMARTS) is 1. The Morgan fingerprint density at radius 2 is 1.82 bits per heavy atom. The molecular weight excluding hydrogens is 508 g/mol. The summed E-state index contributed by atoms with van der Waals surface area (Å²) in [5.74, 6) is -1.34. The van der Waals surface area contributed by atoms with Gasteiger partial charge in [-0.2, -0.15) is 11.8 Å². The minimum Gasteiger partial charge on any atom is -0.480 e. The van der Waals surface area contributed by atoms with Crippen LogP contribution in [0.5, 0.6) is 0 Å². The zero-order valence-corrected chi connectivity index (χ0v) is 23.2. The number of carbonyl (C=O) groups is 4. The number of H-pyrrole nitrogens is 1. The maximum atomic E-state index is 13.6. The molecule has 208 valence electrons. The highest BCUT2D eigenvalue weighted by Gasteiger charge is 2.34. The van der Waals surface area contributed by atoms with Gasteiger partial charge in [0.05, 0.1) is 0 Å². The first-order chi connectivity index (χ1) is 18.0. The average Bonchev–Trinajstić information content (AvgIpc) is 3.27. The second kappa shape index (κ2) is 13.0. The van der Waals surface area contributed by atoms with Gasteiger partial charge in [-0.1, -0.05) is 18.2 Å². The van der Waals surface area contributed by atoms with Crippen molar-refractivity contribution in [1.82, 2.24) is 20.5 Å². The Balaban J connectivity index is 1.67. The molecule has 1 aliphatic rings. The van der Waals surface area contributed by atoms with Crippen LogP contribution in [-0.4, -0.2) is 81.7 Å². The lowest BCUT2D eigenvalue weighted by Gasteiger charge is -2.34. The van der Waals surface area contributed by atoms with Crippen molar-refractivity contribution in [3.63, 3.8) is 0 Å². The van der Waals surface area contributed by atoms with Gasteiger partial charge in [-0.05, 0) is 63.7 Å². The number of aromatic amines is 1. The molecule has 0 spiro atoms. The van der Waals surface area contributed by atoms with Crippen LogP contribution >= 0.6 is 11.8 Å². The summed E-state index contributed by atoms with van der Waals surface area (Å²) in [7, 11) is 0. The number of hydrogen-bond donors (Lipinski definition) is 4. The van der Waals surface area contributed by atoms with Crippen LogP contribution in [0, 0.1) is 5.92 Å². The van der Waals surface area contributed by atoms with Crippen LogP contribution in [0.2, 0.25) is 0 Å². The van der Waals surface area contributed by atoms with Crippen molar-refractivity contribution >= 4 is 46.5 Å². The number of rotatable bonds is 10. The van der Waals surface area contributed by atoms with Gasteiger partial charge in [-0.3, -0.25) is 9.59 Å². The minimum atomic E-state index is -1.05. The van der Waals surface area contributed by atoms with Gasteiger partial charge in [0, 0.05) is 42.5 Å². The molecule has 2 aromatic rings. The van der Waals surface area contributed by atoms with E-state index >= 15 is 0 Å². The third-order valence-electron chi connectivity index (χ3n) is 6.49. The number of aliphatic carboxylic acids is 1. The summed E-state index contributed by atoms with van der Waals surface area (Å²) < 4.78 is 5.41. The van der Waals surface area contributed by atoms with Gasteiger partial charge >= 0.3 is 12.1 Å². The molecule has 0 saturated carbocycles. The van der Waals surface area contributed by atoms with Crippen molar-refractivity contribution in [3.8, 4) is 0 Å². The number of aromatic nitrogens is 1. The minimum absolute atomic E-state index is 0.247. The predicted molar refractivity (Wildman–Crippen MR) is 147 cm³/mol. The van der Waals surface area contributed by atoms with Gasteiger partial charge in [0.2, 0.25) is 11.8 Å². The molecule has 1 saturated heterocycles. The molecule has 3 amide bonds. The lowest BCUT2D eigenvalue weighted by molar-refractivity contribution is -0.143. The molecule has 0 radical (unpaired) electrons. The maximum Gasteiger partial charge on any atom is 0.408 e. The Labute approximate surface area is 227 Å². The van der Waals surface area contributed by atoms with Crippen LogP contribution in [0.3, 0.4) is 0 Å². The number of thioether (sulfide) groups is 1. The number of carboxylic acids is 1. The molecule has 0 bridgehead atoms. The first kappa shape index (κ1) is 29.3. The monoisotopic (exact) mass is 546 g/mol. The molecule has 1 aromatic carbocycles. The summed E-state index contributed by atoms with van der Waals surface area (Å²) in [4.78, 5) is 55.3. The summed E-state index contributed by atoms with van der Waals surface area (Å²) in [6, 6.07) is 5.98. The number of hydrogen-bond acceptors (Lipinski definition) is 6. The van der Waals surface area contributed by atoms with Gasteiger partial charge in [-0.15, -0.1) is 0 Å². The second-order valence-electron chi connectivity index (χ2n) is 10.5. The highest BCUT2D eigenvalue weighted by molar-refractivity contribution is 7.98. The third-order valence-corrected chi connectivity index (χ3v) is 7.13. The van der Waals surface area contributed by atoms with Gasteiger partial charge in [0.15, 0.2) is 0 Å². The average molecular weight is 547 g/mol. The molecule has 0 aliphatic carbocycles. The van der Waals surface area contributed by atoms with Crippen molar-refractivity contribution in [3.05, 3.63) is 36.0 Å². The van der Waals surface area contributed by atoms with Crippen LogP contribution in [-0.2, 0) is 25.5 Å². The van der Waals surface area contributed by atoms with Crippen LogP contribution in [0.25, 0.3) is 10.9 Å². The predicted octanol–water partition coefficient (Wildman–Crippen LogP) is 3.16. The quantitative estimate of drug-likeness (QED) is 0.359. The number of ether oxygens (including phenoxy) is 1. The topological polar surface area (TPSA) is 141 Å². The fourth-order valence-corrected chi connectivity index (χ4v) is 5.01. The SMILES string of the molecule is CSCC[C@H](NC(=O)C1CCN(C(=O)[C@H](Cc2c[nH]c3ccccc23)NC(=O)OC(C)(C)C)CC1)C(=O)O.